The molecule has 0 aliphatic carbocycles. The first-order valence-corrected chi connectivity index (χ1v) is 5.75. The van der Waals surface area contributed by atoms with Crippen LogP contribution >= 0.6 is 53.2 Å². The smallest absolute Gasteiger partial charge is 0.320 e. The van der Waals surface area contributed by atoms with Gasteiger partial charge in [0.15, 0.2) is 0 Å². The predicted octanol–water partition coefficient (Wildman–Crippen LogP) is 2.61. The number of hydrogen-bond acceptors (Lipinski definition) is 4. The fourth-order valence-corrected chi connectivity index (χ4v) is 1.97. The van der Waals surface area contributed by atoms with Crippen molar-refractivity contribution < 1.29 is 9.90 Å². The minimum Gasteiger partial charge on any atom is -0.480 e. The lowest BCUT2D eigenvalue weighted by molar-refractivity contribution is -0.138. The summed E-state index contributed by atoms with van der Waals surface area (Å²) in [7, 11) is 0. The van der Waals surface area contributed by atoms with Gasteiger partial charge in [0.2, 0.25) is 0 Å². The van der Waals surface area contributed by atoms with E-state index >= 15 is 0 Å². The van der Waals surface area contributed by atoms with E-state index in [2.05, 4.69) is 25.9 Å². The molecule has 0 amide bonds. The number of carboxylic acid groups (broad SMARTS) is 1. The second-order valence-electron chi connectivity index (χ2n) is 3.60. The zero-order valence-electron chi connectivity index (χ0n) is 10.0. The maximum Gasteiger partial charge on any atom is 0.320 e. The second-order valence-corrected chi connectivity index (χ2v) is 4.46. The van der Waals surface area contributed by atoms with Crippen molar-refractivity contribution in [2.75, 3.05) is 0 Å². The number of carboxylic acids is 1. The maximum absolute atomic E-state index is 10.7. The first-order valence-electron chi connectivity index (χ1n) is 4.96. The first kappa shape index (κ1) is 21.6. The summed E-state index contributed by atoms with van der Waals surface area (Å²) in [4.78, 5) is 19.1. The number of halogens is 4. The van der Waals surface area contributed by atoms with Crippen molar-refractivity contribution in [1.29, 1.82) is 0 Å². The molecule has 1 unspecified atom stereocenters. The minimum absolute atomic E-state index is 0. The highest BCUT2D eigenvalue weighted by Crippen LogP contribution is 2.23. The van der Waals surface area contributed by atoms with Crippen molar-refractivity contribution >= 4 is 70.0 Å². The van der Waals surface area contributed by atoms with Crippen LogP contribution in [-0.4, -0.2) is 27.1 Å². The van der Waals surface area contributed by atoms with Crippen LogP contribution < -0.4 is 5.73 Å². The Morgan fingerprint density at radius 3 is 2.60 bits per heavy atom. The van der Waals surface area contributed by atoms with E-state index < -0.39 is 12.0 Å². The normalized spacial score (nSPS) is 10.7. The Kier molecular flexibility index (Phi) is 10.1. The van der Waals surface area contributed by atoms with E-state index in [1.54, 1.807) is 18.5 Å². The second kappa shape index (κ2) is 9.31. The molecule has 2 rings (SSSR count). The molecule has 0 bridgehead atoms. The van der Waals surface area contributed by atoms with Crippen LogP contribution in [0.4, 0.5) is 0 Å². The van der Waals surface area contributed by atoms with Crippen LogP contribution in [-0.2, 0) is 11.2 Å². The van der Waals surface area contributed by atoms with E-state index in [1.807, 2.05) is 6.07 Å². The van der Waals surface area contributed by atoms with Crippen molar-refractivity contribution in [3.05, 3.63) is 34.7 Å². The number of rotatable bonds is 3. The molecule has 0 aromatic carbocycles. The average Bonchev–Trinajstić information content (AvgIpc) is 2.33. The molecule has 3 N–H and O–H groups in total. The zero-order valence-corrected chi connectivity index (χ0v) is 14.1. The summed E-state index contributed by atoms with van der Waals surface area (Å²) in [5.41, 5.74) is 6.91. The Bertz CT molecular complexity index is 586. The number of hydrogen-bond donors (Lipinski definition) is 2. The Labute approximate surface area is 142 Å². The summed E-state index contributed by atoms with van der Waals surface area (Å²) in [6, 6.07) is 2.68. The van der Waals surface area contributed by atoms with Crippen LogP contribution in [0.15, 0.2) is 29.0 Å². The molecule has 0 aliphatic heterocycles. The van der Waals surface area contributed by atoms with E-state index in [0.29, 0.717) is 5.69 Å². The van der Waals surface area contributed by atoms with Gasteiger partial charge >= 0.3 is 5.97 Å². The summed E-state index contributed by atoms with van der Waals surface area (Å²) < 4.78 is 0.778. The molecule has 2 aromatic rings. The van der Waals surface area contributed by atoms with Gasteiger partial charge in [-0.05, 0) is 28.1 Å². The number of aliphatic carboxylic acids is 1. The monoisotopic (exact) mass is 403 g/mol. The lowest BCUT2D eigenvalue weighted by Crippen LogP contribution is -2.32. The van der Waals surface area contributed by atoms with Gasteiger partial charge in [-0.25, -0.2) is 0 Å². The molecule has 20 heavy (non-hydrogen) atoms. The molecule has 112 valence electrons. The summed E-state index contributed by atoms with van der Waals surface area (Å²) in [6.45, 7) is 0. The van der Waals surface area contributed by atoms with Gasteiger partial charge in [0.05, 0.1) is 15.7 Å². The van der Waals surface area contributed by atoms with Gasteiger partial charge in [0.1, 0.15) is 6.04 Å². The molecule has 0 spiro atoms. The third kappa shape index (κ3) is 4.71. The highest BCUT2D eigenvalue weighted by atomic mass is 79.9. The fourth-order valence-electron chi connectivity index (χ4n) is 1.55. The van der Waals surface area contributed by atoms with Crippen LogP contribution in [0.2, 0.25) is 0 Å². The molecule has 5 nitrogen and oxygen atoms in total. The Hall–Kier alpha value is -0.660. The summed E-state index contributed by atoms with van der Waals surface area (Å²) in [5, 5.41) is 9.61. The Morgan fingerprint density at radius 2 is 2.00 bits per heavy atom. The van der Waals surface area contributed by atoms with Crippen LogP contribution in [0.3, 0.4) is 0 Å². The molecule has 0 fully saturated rings. The number of carbonyl (C=O) groups is 1. The minimum atomic E-state index is -1.04. The molecule has 2 heterocycles. The van der Waals surface area contributed by atoms with Gasteiger partial charge in [-0.15, -0.1) is 37.2 Å². The van der Waals surface area contributed by atoms with Crippen molar-refractivity contribution in [2.45, 2.75) is 12.5 Å². The molecule has 0 aliphatic rings. The van der Waals surface area contributed by atoms with Crippen LogP contribution in [0.25, 0.3) is 10.9 Å². The lowest BCUT2D eigenvalue weighted by atomic mass is 10.1. The SMILES string of the molecule is Cl.Cl.Cl.NC(Cc1ncc(Br)c2ncccc12)C(=O)O. The quantitative estimate of drug-likeness (QED) is 0.819. The fraction of sp³-hybridized carbons (Fsp3) is 0.182. The summed E-state index contributed by atoms with van der Waals surface area (Å²) in [6.07, 6.45) is 3.47. The first-order chi connectivity index (χ1) is 8.09. The van der Waals surface area contributed by atoms with E-state index in [-0.39, 0.29) is 43.6 Å². The molecular weight excluding hydrogens is 392 g/mol. The molecule has 1 atom stereocenters. The predicted molar refractivity (Wildman–Crippen MR) is 88.3 cm³/mol. The van der Waals surface area contributed by atoms with Gasteiger partial charge in [-0.2, -0.15) is 0 Å². The largest absolute Gasteiger partial charge is 0.480 e. The van der Waals surface area contributed by atoms with Gasteiger partial charge in [0.25, 0.3) is 0 Å². The van der Waals surface area contributed by atoms with Crippen molar-refractivity contribution in [3.63, 3.8) is 0 Å². The summed E-state index contributed by atoms with van der Waals surface area (Å²) in [5.74, 6) is -1.04. The molecule has 2 aromatic heterocycles. The van der Waals surface area contributed by atoms with E-state index in [1.165, 1.54) is 0 Å². The number of pyridine rings is 2. The number of nitrogens with two attached hydrogens (primary N) is 1. The third-order valence-corrected chi connectivity index (χ3v) is 2.99. The highest BCUT2D eigenvalue weighted by Gasteiger charge is 2.15. The number of fused-ring (bicyclic) bond motifs is 1. The highest BCUT2D eigenvalue weighted by molar-refractivity contribution is 9.10. The Morgan fingerprint density at radius 1 is 1.35 bits per heavy atom. The zero-order chi connectivity index (χ0) is 12.4. The van der Waals surface area contributed by atoms with E-state index in [0.717, 1.165) is 15.4 Å². The third-order valence-electron chi connectivity index (χ3n) is 2.41. The van der Waals surface area contributed by atoms with Crippen molar-refractivity contribution in [3.8, 4) is 0 Å². The molecular formula is C11H13BrCl3N3O2. The number of aromatic nitrogens is 2. The van der Waals surface area contributed by atoms with E-state index in [4.69, 9.17) is 10.8 Å². The van der Waals surface area contributed by atoms with Gasteiger partial charge in [-0.3, -0.25) is 14.8 Å². The Balaban J connectivity index is 0. The van der Waals surface area contributed by atoms with Crippen LogP contribution in [0.5, 0.6) is 0 Å². The summed E-state index contributed by atoms with van der Waals surface area (Å²) >= 11 is 3.35. The van der Waals surface area contributed by atoms with Crippen LogP contribution in [0.1, 0.15) is 5.69 Å². The van der Waals surface area contributed by atoms with Crippen molar-refractivity contribution in [1.82, 2.24) is 9.97 Å². The van der Waals surface area contributed by atoms with Gasteiger partial charge in [0, 0.05) is 24.2 Å². The standard InChI is InChI=1S/C11H10BrN3O2.3ClH/c12-7-5-15-9(4-8(13)11(16)17)6-2-1-3-14-10(6)7;;;/h1-3,5,8H,4,13H2,(H,16,17);3*1H. The van der Waals surface area contributed by atoms with Crippen LogP contribution in [0, 0.1) is 0 Å². The molecule has 0 radical (unpaired) electrons. The van der Waals surface area contributed by atoms with Crippen molar-refractivity contribution in [2.24, 2.45) is 5.73 Å². The van der Waals surface area contributed by atoms with Gasteiger partial charge in [-0.1, -0.05) is 0 Å². The van der Waals surface area contributed by atoms with Gasteiger partial charge < -0.3 is 10.8 Å². The number of nitrogens with zero attached hydrogens (tertiary/aromatic N) is 2. The molecule has 0 saturated carbocycles. The molecule has 9 heteroatoms. The maximum atomic E-state index is 10.7. The lowest BCUT2D eigenvalue weighted by Gasteiger charge is -2.09. The average molecular weight is 406 g/mol. The molecule has 0 saturated heterocycles. The van der Waals surface area contributed by atoms with E-state index in [9.17, 15) is 4.79 Å². The topological polar surface area (TPSA) is 89.1 Å².